The van der Waals surface area contributed by atoms with Crippen LogP contribution in [0.3, 0.4) is 0 Å². The Bertz CT molecular complexity index is 684. The van der Waals surface area contributed by atoms with Gasteiger partial charge in [0.25, 0.3) is 0 Å². The second-order valence-corrected chi connectivity index (χ2v) is 5.28. The highest BCUT2D eigenvalue weighted by Gasteiger charge is 2.05. The molecule has 2 rings (SSSR count). The fourth-order valence-corrected chi connectivity index (χ4v) is 2.09. The number of nitrogens with one attached hydrogen (secondary N) is 2. The maximum atomic E-state index is 11.8. The molecule has 116 valence electrons. The van der Waals surface area contributed by atoms with Crippen molar-refractivity contribution in [3.8, 4) is 5.75 Å². The molecule has 0 aliphatic heterocycles. The first-order valence-corrected chi connectivity index (χ1v) is 7.07. The number of benzene rings is 2. The molecule has 0 saturated carbocycles. The van der Waals surface area contributed by atoms with Gasteiger partial charge in [-0.3, -0.25) is 0 Å². The Morgan fingerprint density at radius 3 is 2.50 bits per heavy atom. The van der Waals surface area contributed by atoms with Crippen molar-refractivity contribution in [2.24, 2.45) is 0 Å². The molecule has 0 spiro atoms. The van der Waals surface area contributed by atoms with E-state index in [1.54, 1.807) is 6.07 Å². The summed E-state index contributed by atoms with van der Waals surface area (Å²) in [6.07, 6.45) is 0. The summed E-state index contributed by atoms with van der Waals surface area (Å²) >= 11 is 0. The van der Waals surface area contributed by atoms with Gasteiger partial charge in [-0.15, -0.1) is 0 Å². The molecule has 0 atom stereocenters. The number of nitrogens with two attached hydrogens (primary N) is 1. The lowest BCUT2D eigenvalue weighted by Gasteiger charge is -2.12. The van der Waals surface area contributed by atoms with Crippen LogP contribution in [0, 0.1) is 20.8 Å². The van der Waals surface area contributed by atoms with Gasteiger partial charge in [-0.05, 0) is 50.1 Å². The number of rotatable bonds is 4. The number of urea groups is 1. The van der Waals surface area contributed by atoms with Gasteiger partial charge in [0.2, 0.25) is 0 Å². The first-order valence-electron chi connectivity index (χ1n) is 7.07. The Kier molecular flexibility index (Phi) is 4.88. The van der Waals surface area contributed by atoms with Crippen LogP contribution >= 0.6 is 0 Å². The summed E-state index contributed by atoms with van der Waals surface area (Å²) < 4.78 is 5.55. The van der Waals surface area contributed by atoms with Crippen LogP contribution in [-0.2, 0) is 0 Å². The normalized spacial score (nSPS) is 10.1. The lowest BCUT2D eigenvalue weighted by Crippen LogP contribution is -2.32. The smallest absolute Gasteiger partial charge is 0.321 e. The predicted molar refractivity (Wildman–Crippen MR) is 89.2 cm³/mol. The molecule has 22 heavy (non-hydrogen) atoms. The number of hydrogen-bond acceptors (Lipinski definition) is 3. The minimum atomic E-state index is -0.359. The van der Waals surface area contributed by atoms with Gasteiger partial charge in [0.05, 0.1) is 11.4 Å². The molecule has 0 saturated heterocycles. The van der Waals surface area contributed by atoms with Gasteiger partial charge in [-0.2, -0.15) is 0 Å². The molecular formula is C17H21N3O2. The lowest BCUT2D eigenvalue weighted by atomic mass is 10.1. The molecule has 0 radical (unpaired) electrons. The monoisotopic (exact) mass is 299 g/mol. The van der Waals surface area contributed by atoms with E-state index < -0.39 is 0 Å². The van der Waals surface area contributed by atoms with Crippen molar-refractivity contribution in [1.82, 2.24) is 5.32 Å². The summed E-state index contributed by atoms with van der Waals surface area (Å²) in [6, 6.07) is 11.0. The van der Waals surface area contributed by atoms with Gasteiger partial charge in [0, 0.05) is 0 Å². The highest BCUT2D eigenvalue weighted by molar-refractivity contribution is 5.92. The van der Waals surface area contributed by atoms with Crippen LogP contribution in [0.4, 0.5) is 16.2 Å². The Labute approximate surface area is 130 Å². The van der Waals surface area contributed by atoms with E-state index >= 15 is 0 Å². The van der Waals surface area contributed by atoms with Gasteiger partial charge in [0.15, 0.2) is 6.73 Å². The second-order valence-electron chi connectivity index (χ2n) is 5.28. The average molecular weight is 299 g/mol. The zero-order chi connectivity index (χ0) is 16.1. The van der Waals surface area contributed by atoms with E-state index in [1.165, 1.54) is 5.56 Å². The van der Waals surface area contributed by atoms with Crippen LogP contribution in [0.2, 0.25) is 0 Å². The summed E-state index contributed by atoms with van der Waals surface area (Å²) in [4.78, 5) is 11.8. The van der Waals surface area contributed by atoms with Crippen LogP contribution in [-0.4, -0.2) is 12.8 Å². The Morgan fingerprint density at radius 1 is 1.09 bits per heavy atom. The van der Waals surface area contributed by atoms with Crippen LogP contribution in [0.25, 0.3) is 0 Å². The number of hydrogen-bond donors (Lipinski definition) is 3. The van der Waals surface area contributed by atoms with Crippen LogP contribution in [0.5, 0.6) is 5.75 Å². The molecular weight excluding hydrogens is 278 g/mol. The van der Waals surface area contributed by atoms with Gasteiger partial charge in [-0.1, -0.05) is 23.8 Å². The fourth-order valence-electron chi connectivity index (χ4n) is 2.09. The molecule has 4 N–H and O–H groups in total. The Balaban J connectivity index is 1.86. The standard InChI is InChI=1S/C17H21N3O2/c1-11-5-7-16(13(3)8-11)22-10-19-17(21)20-15-9-12(2)4-6-14(15)18/h4-9H,10,18H2,1-3H3,(H2,19,20,21). The first-order chi connectivity index (χ1) is 10.5. The molecule has 5 nitrogen and oxygen atoms in total. The van der Waals surface area contributed by atoms with Crippen molar-refractivity contribution in [2.45, 2.75) is 20.8 Å². The highest BCUT2D eigenvalue weighted by atomic mass is 16.5. The van der Waals surface area contributed by atoms with E-state index in [0.717, 1.165) is 16.9 Å². The van der Waals surface area contributed by atoms with Crippen LogP contribution < -0.4 is 21.1 Å². The molecule has 0 bridgehead atoms. The average Bonchev–Trinajstić information content (AvgIpc) is 2.45. The highest BCUT2D eigenvalue weighted by Crippen LogP contribution is 2.20. The molecule has 0 aromatic heterocycles. The van der Waals surface area contributed by atoms with Crippen LogP contribution in [0.15, 0.2) is 36.4 Å². The van der Waals surface area contributed by atoms with E-state index in [1.807, 2.05) is 51.1 Å². The number of ether oxygens (including phenoxy) is 1. The predicted octanol–water partition coefficient (Wildman–Crippen LogP) is 3.35. The zero-order valence-corrected chi connectivity index (χ0v) is 13.1. The maximum absolute atomic E-state index is 11.8. The summed E-state index contributed by atoms with van der Waals surface area (Å²) in [6.45, 7) is 6.01. The van der Waals surface area contributed by atoms with E-state index in [4.69, 9.17) is 10.5 Å². The molecule has 0 fully saturated rings. The SMILES string of the molecule is Cc1ccc(OCNC(=O)Nc2cc(C)ccc2N)c(C)c1. The summed E-state index contributed by atoms with van der Waals surface area (Å²) in [5, 5.41) is 5.35. The number of amides is 2. The number of aryl methyl sites for hydroxylation is 3. The third-order valence-electron chi connectivity index (χ3n) is 3.25. The molecule has 2 amide bonds. The van der Waals surface area contributed by atoms with Gasteiger partial charge in [0.1, 0.15) is 5.75 Å². The van der Waals surface area contributed by atoms with Gasteiger partial charge < -0.3 is 21.1 Å². The van der Waals surface area contributed by atoms with Crippen molar-refractivity contribution in [3.05, 3.63) is 53.1 Å². The van der Waals surface area contributed by atoms with Gasteiger partial charge in [-0.25, -0.2) is 4.79 Å². The first kappa shape index (κ1) is 15.7. The van der Waals surface area contributed by atoms with E-state index in [-0.39, 0.29) is 12.8 Å². The molecule has 5 heteroatoms. The number of carbonyl (C=O) groups is 1. The number of nitrogen functional groups attached to an aromatic ring is 1. The third-order valence-corrected chi connectivity index (χ3v) is 3.25. The summed E-state index contributed by atoms with van der Waals surface area (Å²) in [5.74, 6) is 0.751. The van der Waals surface area contributed by atoms with Crippen molar-refractivity contribution in [2.75, 3.05) is 17.8 Å². The lowest BCUT2D eigenvalue weighted by molar-refractivity contribution is 0.234. The Morgan fingerprint density at radius 2 is 1.77 bits per heavy atom. The van der Waals surface area contributed by atoms with E-state index in [2.05, 4.69) is 10.6 Å². The molecule has 0 heterocycles. The molecule has 0 aliphatic rings. The topological polar surface area (TPSA) is 76.4 Å². The largest absolute Gasteiger partial charge is 0.473 e. The van der Waals surface area contributed by atoms with Crippen molar-refractivity contribution >= 4 is 17.4 Å². The van der Waals surface area contributed by atoms with E-state index in [9.17, 15) is 4.79 Å². The Hall–Kier alpha value is -2.69. The van der Waals surface area contributed by atoms with Crippen molar-refractivity contribution in [3.63, 3.8) is 0 Å². The molecule has 0 aliphatic carbocycles. The van der Waals surface area contributed by atoms with E-state index in [0.29, 0.717) is 11.4 Å². The zero-order valence-electron chi connectivity index (χ0n) is 13.1. The van der Waals surface area contributed by atoms with Crippen LogP contribution in [0.1, 0.15) is 16.7 Å². The minimum Gasteiger partial charge on any atom is -0.473 e. The van der Waals surface area contributed by atoms with Crippen molar-refractivity contribution < 1.29 is 9.53 Å². The molecule has 2 aromatic rings. The minimum absolute atomic E-state index is 0.0848. The van der Waals surface area contributed by atoms with Crippen molar-refractivity contribution in [1.29, 1.82) is 0 Å². The number of anilines is 2. The molecule has 0 unspecified atom stereocenters. The summed E-state index contributed by atoms with van der Waals surface area (Å²) in [7, 11) is 0. The second kappa shape index (κ2) is 6.85. The fraction of sp³-hybridized carbons (Fsp3) is 0.235. The quantitative estimate of drug-likeness (QED) is 0.598. The molecule has 2 aromatic carbocycles. The van der Waals surface area contributed by atoms with Gasteiger partial charge >= 0.3 is 6.03 Å². The third kappa shape index (κ3) is 4.15. The summed E-state index contributed by atoms with van der Waals surface area (Å²) in [5.41, 5.74) is 10.2. The number of carbonyl (C=O) groups excluding carboxylic acids is 1. The maximum Gasteiger partial charge on any atom is 0.321 e.